The van der Waals surface area contributed by atoms with Gasteiger partial charge in [-0.15, -0.1) is 28.1 Å². The molecule has 0 bridgehead atoms. The molecule has 29 heavy (non-hydrogen) atoms. The molecule has 0 saturated heterocycles. The predicted molar refractivity (Wildman–Crippen MR) is 112 cm³/mol. The van der Waals surface area contributed by atoms with Gasteiger partial charge in [0, 0.05) is 11.4 Å². The minimum atomic E-state index is -0.499. The van der Waals surface area contributed by atoms with Crippen molar-refractivity contribution in [3.8, 4) is 11.6 Å². The van der Waals surface area contributed by atoms with E-state index in [1.165, 1.54) is 23.1 Å². The number of rotatable bonds is 8. The molecule has 1 aliphatic carbocycles. The van der Waals surface area contributed by atoms with Gasteiger partial charge in [-0.1, -0.05) is 17.8 Å². The average Bonchev–Trinajstić information content (AvgIpc) is 3.44. The van der Waals surface area contributed by atoms with Gasteiger partial charge in [-0.3, -0.25) is 14.2 Å². The van der Waals surface area contributed by atoms with E-state index in [0.29, 0.717) is 33.9 Å². The van der Waals surface area contributed by atoms with Crippen molar-refractivity contribution in [1.82, 2.24) is 14.8 Å². The number of hydrogen-bond acceptors (Lipinski definition) is 7. The second kappa shape index (κ2) is 8.26. The van der Waals surface area contributed by atoms with E-state index in [9.17, 15) is 9.59 Å². The molecule has 2 amide bonds. The third-order valence-corrected chi connectivity index (χ3v) is 6.70. The number of furan rings is 1. The lowest BCUT2D eigenvalue weighted by Gasteiger charge is -2.07. The summed E-state index contributed by atoms with van der Waals surface area (Å²) in [5, 5.41) is 12.3. The topological polar surface area (TPSA) is 116 Å². The molecule has 0 saturated carbocycles. The van der Waals surface area contributed by atoms with Crippen molar-refractivity contribution < 1.29 is 14.0 Å². The van der Waals surface area contributed by atoms with Crippen molar-refractivity contribution in [2.24, 2.45) is 5.73 Å². The average molecular weight is 430 g/mol. The van der Waals surface area contributed by atoms with Gasteiger partial charge in [0.1, 0.15) is 5.00 Å². The zero-order valence-electron chi connectivity index (χ0n) is 15.5. The molecule has 0 fully saturated rings. The SMILES string of the molecule is C=CCn1c(SCC(=O)Nc2sc3c(c2C(N)=O)CCC3)nnc1-c1ccco1. The maximum atomic E-state index is 12.5. The number of carbonyl (C=O) groups excluding carboxylic acids is 2. The van der Waals surface area contributed by atoms with Crippen LogP contribution in [0.25, 0.3) is 11.6 Å². The molecular weight excluding hydrogens is 410 g/mol. The molecule has 4 rings (SSSR count). The molecule has 10 heteroatoms. The van der Waals surface area contributed by atoms with Crippen LogP contribution >= 0.6 is 23.1 Å². The molecule has 1 aliphatic rings. The van der Waals surface area contributed by atoms with E-state index in [0.717, 1.165) is 29.7 Å². The Morgan fingerprint density at radius 2 is 2.28 bits per heavy atom. The lowest BCUT2D eigenvalue weighted by atomic mass is 10.1. The molecule has 3 N–H and O–H groups in total. The number of nitrogens with one attached hydrogen (secondary N) is 1. The van der Waals surface area contributed by atoms with E-state index in [1.54, 1.807) is 24.5 Å². The Kier molecular flexibility index (Phi) is 5.54. The lowest BCUT2D eigenvalue weighted by molar-refractivity contribution is -0.113. The largest absolute Gasteiger partial charge is 0.461 e. The smallest absolute Gasteiger partial charge is 0.251 e. The van der Waals surface area contributed by atoms with Crippen LogP contribution in [0.5, 0.6) is 0 Å². The second-order valence-electron chi connectivity index (χ2n) is 6.45. The summed E-state index contributed by atoms with van der Waals surface area (Å²) in [4.78, 5) is 25.5. The van der Waals surface area contributed by atoms with E-state index >= 15 is 0 Å². The van der Waals surface area contributed by atoms with Gasteiger partial charge in [-0.05, 0) is 37.0 Å². The first-order valence-electron chi connectivity index (χ1n) is 9.03. The van der Waals surface area contributed by atoms with Gasteiger partial charge in [0.15, 0.2) is 10.9 Å². The zero-order chi connectivity index (χ0) is 20.4. The molecule has 3 aromatic rings. The fraction of sp³-hybridized carbons (Fsp3) is 0.263. The van der Waals surface area contributed by atoms with Crippen LogP contribution < -0.4 is 11.1 Å². The van der Waals surface area contributed by atoms with Crippen LogP contribution in [0.15, 0.2) is 40.6 Å². The molecule has 8 nitrogen and oxygen atoms in total. The van der Waals surface area contributed by atoms with Gasteiger partial charge < -0.3 is 15.5 Å². The molecule has 0 aliphatic heterocycles. The van der Waals surface area contributed by atoms with Crippen LogP contribution in [0.1, 0.15) is 27.2 Å². The van der Waals surface area contributed by atoms with Gasteiger partial charge in [0.25, 0.3) is 5.91 Å². The van der Waals surface area contributed by atoms with Crippen LogP contribution in [-0.2, 0) is 24.2 Å². The minimum absolute atomic E-state index is 0.119. The standard InChI is InChI=1S/C19H19N5O3S2/c1-2-8-24-17(12-6-4-9-27-12)22-23-19(24)28-10-14(25)21-18-15(16(20)26)11-5-3-7-13(11)29-18/h2,4,6,9H,1,3,5,7-8,10H2,(H2,20,26)(H,21,25). The number of fused-ring (bicyclic) bond motifs is 1. The fourth-order valence-corrected chi connectivity index (χ4v) is 5.38. The number of nitrogens with zero attached hydrogens (tertiary/aromatic N) is 3. The molecular formula is C19H19N5O3S2. The second-order valence-corrected chi connectivity index (χ2v) is 8.49. The summed E-state index contributed by atoms with van der Waals surface area (Å²) in [6.07, 6.45) is 6.06. The lowest BCUT2D eigenvalue weighted by Crippen LogP contribution is -2.19. The van der Waals surface area contributed by atoms with Crippen molar-refractivity contribution in [2.45, 2.75) is 31.0 Å². The van der Waals surface area contributed by atoms with Crippen molar-refractivity contribution in [3.05, 3.63) is 47.1 Å². The molecule has 0 unspecified atom stereocenters. The Morgan fingerprint density at radius 3 is 3.00 bits per heavy atom. The number of aryl methyl sites for hydroxylation is 1. The third-order valence-electron chi connectivity index (χ3n) is 4.52. The highest BCUT2D eigenvalue weighted by atomic mass is 32.2. The Labute approximate surface area is 175 Å². The highest BCUT2D eigenvalue weighted by Crippen LogP contribution is 2.39. The summed E-state index contributed by atoms with van der Waals surface area (Å²) in [7, 11) is 0. The van der Waals surface area contributed by atoms with Gasteiger partial charge in [-0.2, -0.15) is 0 Å². The van der Waals surface area contributed by atoms with Crippen LogP contribution in [-0.4, -0.2) is 32.3 Å². The number of anilines is 1. The van der Waals surface area contributed by atoms with E-state index < -0.39 is 5.91 Å². The fourth-order valence-electron chi connectivity index (χ4n) is 3.32. The Morgan fingerprint density at radius 1 is 1.41 bits per heavy atom. The Hall–Kier alpha value is -2.85. The number of allylic oxidation sites excluding steroid dienone is 1. The minimum Gasteiger partial charge on any atom is -0.461 e. The van der Waals surface area contributed by atoms with Crippen LogP contribution in [0.3, 0.4) is 0 Å². The van der Waals surface area contributed by atoms with Crippen molar-refractivity contribution >= 4 is 39.9 Å². The molecule has 0 aromatic carbocycles. The number of nitrogens with two attached hydrogens (primary N) is 1. The summed E-state index contributed by atoms with van der Waals surface area (Å²) in [6.45, 7) is 4.25. The summed E-state index contributed by atoms with van der Waals surface area (Å²) in [6, 6.07) is 3.57. The monoisotopic (exact) mass is 429 g/mol. The van der Waals surface area contributed by atoms with Gasteiger partial charge in [0.2, 0.25) is 11.7 Å². The van der Waals surface area contributed by atoms with Crippen molar-refractivity contribution in [1.29, 1.82) is 0 Å². The molecule has 3 aromatic heterocycles. The summed E-state index contributed by atoms with van der Waals surface area (Å²) in [5.74, 6) is 0.554. The summed E-state index contributed by atoms with van der Waals surface area (Å²) >= 11 is 2.69. The van der Waals surface area contributed by atoms with Crippen LogP contribution in [0.4, 0.5) is 5.00 Å². The molecule has 3 heterocycles. The molecule has 0 radical (unpaired) electrons. The number of amides is 2. The van der Waals surface area contributed by atoms with E-state index in [1.807, 2.05) is 4.57 Å². The van der Waals surface area contributed by atoms with Gasteiger partial charge in [0.05, 0.1) is 17.6 Å². The summed E-state index contributed by atoms with van der Waals surface area (Å²) in [5.41, 5.74) is 6.99. The first-order chi connectivity index (χ1) is 14.1. The number of hydrogen-bond donors (Lipinski definition) is 2. The van der Waals surface area contributed by atoms with Gasteiger partial charge in [-0.25, -0.2) is 0 Å². The number of aromatic nitrogens is 3. The highest BCUT2D eigenvalue weighted by Gasteiger charge is 2.26. The van der Waals surface area contributed by atoms with Crippen molar-refractivity contribution in [2.75, 3.05) is 11.1 Å². The Balaban J connectivity index is 1.47. The summed E-state index contributed by atoms with van der Waals surface area (Å²) < 4.78 is 7.23. The van der Waals surface area contributed by atoms with Crippen molar-refractivity contribution in [3.63, 3.8) is 0 Å². The zero-order valence-corrected chi connectivity index (χ0v) is 17.1. The molecule has 0 atom stereocenters. The highest BCUT2D eigenvalue weighted by molar-refractivity contribution is 7.99. The first-order valence-corrected chi connectivity index (χ1v) is 10.8. The Bertz CT molecular complexity index is 1070. The molecule has 150 valence electrons. The number of thioether (sulfide) groups is 1. The van der Waals surface area contributed by atoms with E-state index in [4.69, 9.17) is 10.2 Å². The maximum Gasteiger partial charge on any atom is 0.251 e. The van der Waals surface area contributed by atoms with Gasteiger partial charge >= 0.3 is 0 Å². The predicted octanol–water partition coefficient (Wildman–Crippen LogP) is 3.10. The molecule has 0 spiro atoms. The van der Waals surface area contributed by atoms with E-state index in [-0.39, 0.29) is 11.7 Å². The number of primary amides is 1. The first kappa shape index (κ1) is 19.5. The number of thiophene rings is 1. The van der Waals surface area contributed by atoms with E-state index in [2.05, 4.69) is 22.1 Å². The number of carbonyl (C=O) groups is 2. The maximum absolute atomic E-state index is 12.5. The van der Waals surface area contributed by atoms with Crippen LogP contribution in [0.2, 0.25) is 0 Å². The van der Waals surface area contributed by atoms with Crippen LogP contribution in [0, 0.1) is 0 Å². The quantitative estimate of drug-likeness (QED) is 0.420. The normalized spacial score (nSPS) is 12.7. The third kappa shape index (κ3) is 3.85.